The first kappa shape index (κ1) is 24.2. The van der Waals surface area contributed by atoms with Crippen LogP contribution in [0.2, 0.25) is 0 Å². The van der Waals surface area contributed by atoms with Gasteiger partial charge in [-0.05, 0) is 54.7 Å². The van der Waals surface area contributed by atoms with Gasteiger partial charge in [0.15, 0.2) is 0 Å². The minimum atomic E-state index is 0. The van der Waals surface area contributed by atoms with Gasteiger partial charge in [0.05, 0.1) is 0 Å². The van der Waals surface area contributed by atoms with Crippen LogP contribution in [0.3, 0.4) is 0 Å². The Kier molecular flexibility index (Phi) is 11.5. The molecule has 0 spiro atoms. The Bertz CT molecular complexity index is 762. The molecule has 0 aliphatic carbocycles. The van der Waals surface area contributed by atoms with Gasteiger partial charge in [0, 0.05) is 5.92 Å². The highest BCUT2D eigenvalue weighted by Crippen LogP contribution is 2.29. The summed E-state index contributed by atoms with van der Waals surface area (Å²) >= 11 is 0. The van der Waals surface area contributed by atoms with E-state index in [1.807, 2.05) is 0 Å². The normalized spacial score (nSPS) is 11.2. The third-order valence-electron chi connectivity index (χ3n) is 4.79. The highest BCUT2D eigenvalue weighted by Gasteiger charge is 2.13. The van der Waals surface area contributed by atoms with Crippen LogP contribution in [-0.2, 0) is 0 Å². The molecule has 0 bridgehead atoms. The standard InChI is InChI=1S/C24H28N2.2ClH/c25-17-7-18-26-19-16-24(22-10-5-2-6-11-22)23-14-12-21(13-15-23)20-8-3-1-4-9-20;;/h1-6,8-15,24,26H,7,16-19,25H2;2*1H. The lowest BCUT2D eigenvalue weighted by atomic mass is 9.87. The fraction of sp³-hybridized carbons (Fsp3) is 0.250. The van der Waals surface area contributed by atoms with Crippen LogP contribution in [-0.4, -0.2) is 19.6 Å². The van der Waals surface area contributed by atoms with E-state index in [1.165, 1.54) is 22.3 Å². The fourth-order valence-electron chi connectivity index (χ4n) is 3.35. The number of hydrogen-bond acceptors (Lipinski definition) is 2. The maximum Gasteiger partial charge on any atom is 0.0101 e. The molecule has 3 N–H and O–H groups in total. The van der Waals surface area contributed by atoms with E-state index in [4.69, 9.17) is 5.73 Å². The fourth-order valence-corrected chi connectivity index (χ4v) is 3.35. The Balaban J connectivity index is 0.00000196. The van der Waals surface area contributed by atoms with E-state index in [9.17, 15) is 0 Å². The van der Waals surface area contributed by atoms with E-state index in [2.05, 4.69) is 90.2 Å². The van der Waals surface area contributed by atoms with Crippen molar-refractivity contribution in [2.24, 2.45) is 5.73 Å². The molecule has 3 aromatic rings. The SMILES string of the molecule is Cl.Cl.NCCCNCCC(c1ccccc1)c1ccc(-c2ccccc2)cc1. The molecule has 3 rings (SSSR count). The van der Waals surface area contributed by atoms with Crippen LogP contribution in [0.15, 0.2) is 84.9 Å². The first-order valence-electron chi connectivity index (χ1n) is 9.49. The summed E-state index contributed by atoms with van der Waals surface area (Å²) in [7, 11) is 0. The van der Waals surface area contributed by atoms with Gasteiger partial charge in [0.1, 0.15) is 0 Å². The van der Waals surface area contributed by atoms with Crippen molar-refractivity contribution < 1.29 is 0 Å². The van der Waals surface area contributed by atoms with Crippen molar-refractivity contribution in [1.29, 1.82) is 0 Å². The van der Waals surface area contributed by atoms with E-state index >= 15 is 0 Å². The number of rotatable bonds is 9. The van der Waals surface area contributed by atoms with Crippen LogP contribution >= 0.6 is 24.8 Å². The van der Waals surface area contributed by atoms with Crippen molar-refractivity contribution in [3.05, 3.63) is 96.1 Å². The summed E-state index contributed by atoms with van der Waals surface area (Å²) in [4.78, 5) is 0. The highest BCUT2D eigenvalue weighted by molar-refractivity contribution is 5.85. The number of hydrogen-bond donors (Lipinski definition) is 2. The van der Waals surface area contributed by atoms with Crippen molar-refractivity contribution in [2.45, 2.75) is 18.8 Å². The number of nitrogens with one attached hydrogen (secondary N) is 1. The average molecular weight is 417 g/mol. The molecule has 0 radical (unpaired) electrons. The summed E-state index contributed by atoms with van der Waals surface area (Å²) in [5, 5.41) is 3.51. The number of nitrogens with two attached hydrogens (primary N) is 1. The monoisotopic (exact) mass is 416 g/mol. The maximum absolute atomic E-state index is 5.57. The summed E-state index contributed by atoms with van der Waals surface area (Å²) in [6.45, 7) is 2.74. The maximum atomic E-state index is 5.57. The quantitative estimate of drug-likeness (QED) is 0.441. The zero-order chi connectivity index (χ0) is 18.0. The lowest BCUT2D eigenvalue weighted by molar-refractivity contribution is 0.598. The van der Waals surface area contributed by atoms with E-state index in [1.54, 1.807) is 0 Å². The van der Waals surface area contributed by atoms with Crippen LogP contribution in [0.25, 0.3) is 11.1 Å². The van der Waals surface area contributed by atoms with Gasteiger partial charge >= 0.3 is 0 Å². The van der Waals surface area contributed by atoms with E-state index < -0.39 is 0 Å². The topological polar surface area (TPSA) is 38.0 Å². The van der Waals surface area contributed by atoms with Gasteiger partial charge in [-0.1, -0.05) is 84.9 Å². The molecule has 3 aromatic carbocycles. The van der Waals surface area contributed by atoms with Crippen molar-refractivity contribution >= 4 is 24.8 Å². The first-order valence-corrected chi connectivity index (χ1v) is 9.49. The molecule has 1 atom stereocenters. The molecule has 0 saturated carbocycles. The van der Waals surface area contributed by atoms with Crippen molar-refractivity contribution in [3.8, 4) is 11.1 Å². The van der Waals surface area contributed by atoms with Crippen molar-refractivity contribution in [2.75, 3.05) is 19.6 Å². The zero-order valence-corrected chi connectivity index (χ0v) is 17.7. The molecule has 0 aromatic heterocycles. The third kappa shape index (κ3) is 6.96. The summed E-state index contributed by atoms with van der Waals surface area (Å²) in [6.07, 6.45) is 2.11. The second kappa shape index (κ2) is 13.4. The predicted octanol–water partition coefficient (Wildman–Crippen LogP) is 5.66. The van der Waals surface area contributed by atoms with Crippen molar-refractivity contribution in [1.82, 2.24) is 5.32 Å². The summed E-state index contributed by atoms with van der Waals surface area (Å²) in [5.41, 5.74) is 10.9. The molecule has 0 fully saturated rings. The largest absolute Gasteiger partial charge is 0.330 e. The molecule has 28 heavy (non-hydrogen) atoms. The predicted molar refractivity (Wildman–Crippen MR) is 126 cm³/mol. The molecule has 1 unspecified atom stereocenters. The lowest BCUT2D eigenvalue weighted by Gasteiger charge is -2.19. The van der Waals surface area contributed by atoms with Crippen LogP contribution in [0, 0.1) is 0 Å². The van der Waals surface area contributed by atoms with Crippen LogP contribution in [0.5, 0.6) is 0 Å². The molecular formula is C24H30Cl2N2. The van der Waals surface area contributed by atoms with Gasteiger partial charge in [0.2, 0.25) is 0 Å². The third-order valence-corrected chi connectivity index (χ3v) is 4.79. The van der Waals surface area contributed by atoms with Crippen LogP contribution < -0.4 is 11.1 Å². The second-order valence-corrected chi connectivity index (χ2v) is 6.63. The van der Waals surface area contributed by atoms with Gasteiger partial charge in [-0.3, -0.25) is 0 Å². The van der Waals surface area contributed by atoms with Crippen molar-refractivity contribution in [3.63, 3.8) is 0 Å². The molecule has 0 heterocycles. The Labute approximate surface area is 181 Å². The smallest absolute Gasteiger partial charge is 0.0101 e. The molecule has 0 aliphatic heterocycles. The van der Waals surface area contributed by atoms with Gasteiger partial charge in [-0.25, -0.2) is 0 Å². The van der Waals surface area contributed by atoms with E-state index in [0.717, 1.165) is 32.5 Å². The van der Waals surface area contributed by atoms with E-state index in [0.29, 0.717) is 5.92 Å². The average Bonchev–Trinajstić information content (AvgIpc) is 2.72. The first-order chi connectivity index (χ1) is 12.9. The molecular weight excluding hydrogens is 387 g/mol. The van der Waals surface area contributed by atoms with Gasteiger partial charge in [0.25, 0.3) is 0 Å². The zero-order valence-electron chi connectivity index (χ0n) is 16.1. The molecule has 0 aliphatic rings. The summed E-state index contributed by atoms with van der Waals surface area (Å²) < 4.78 is 0. The summed E-state index contributed by atoms with van der Waals surface area (Å²) in [5.74, 6) is 0.409. The Morgan fingerprint density at radius 3 is 1.79 bits per heavy atom. The lowest BCUT2D eigenvalue weighted by Crippen LogP contribution is -2.21. The Hall–Kier alpha value is -1.84. The Morgan fingerprint density at radius 2 is 1.18 bits per heavy atom. The molecule has 2 nitrogen and oxygen atoms in total. The minimum Gasteiger partial charge on any atom is -0.330 e. The molecule has 0 saturated heterocycles. The molecule has 0 amide bonds. The van der Waals surface area contributed by atoms with E-state index in [-0.39, 0.29) is 24.8 Å². The summed E-state index contributed by atoms with van der Waals surface area (Å²) in [6, 6.07) is 30.4. The van der Waals surface area contributed by atoms with Gasteiger partial charge < -0.3 is 11.1 Å². The molecule has 4 heteroatoms. The second-order valence-electron chi connectivity index (χ2n) is 6.63. The van der Waals surface area contributed by atoms with Crippen LogP contribution in [0.1, 0.15) is 29.9 Å². The Morgan fingerprint density at radius 1 is 0.643 bits per heavy atom. The minimum absolute atomic E-state index is 0. The highest BCUT2D eigenvalue weighted by atomic mass is 35.5. The van der Waals surface area contributed by atoms with Crippen LogP contribution in [0.4, 0.5) is 0 Å². The van der Waals surface area contributed by atoms with Gasteiger partial charge in [-0.2, -0.15) is 0 Å². The number of benzene rings is 3. The van der Waals surface area contributed by atoms with Gasteiger partial charge in [-0.15, -0.1) is 24.8 Å². The molecule has 150 valence electrons. The number of halogens is 2.